The molecule has 2 aromatic rings. The number of nitrogens with one attached hydrogen (secondary N) is 2. The van der Waals surface area contributed by atoms with Crippen molar-refractivity contribution in [1.29, 1.82) is 0 Å². The number of ether oxygens (including phenoxy) is 2. The van der Waals surface area contributed by atoms with Gasteiger partial charge in [0, 0.05) is 29.3 Å². The Morgan fingerprint density at radius 2 is 1.76 bits per heavy atom. The monoisotopic (exact) mass is 475 g/mol. The maximum absolute atomic E-state index is 13.4. The molecule has 2 N–H and O–H groups in total. The van der Waals surface area contributed by atoms with Crippen LogP contribution in [0.15, 0.2) is 48.3 Å². The van der Waals surface area contributed by atoms with Crippen LogP contribution in [0.25, 0.3) is 0 Å². The number of hydrogen-bond donors (Lipinski definition) is 2. The van der Waals surface area contributed by atoms with Crippen LogP contribution in [-0.2, 0) is 15.0 Å². The first kappa shape index (κ1) is 24.5. The Labute approximate surface area is 197 Å². The molecule has 176 valence electrons. The molecule has 0 bridgehead atoms. The van der Waals surface area contributed by atoms with Crippen molar-refractivity contribution in [3.63, 3.8) is 0 Å². The number of nitrogens with zero attached hydrogens (tertiary/aromatic N) is 1. The third-order valence-corrected chi connectivity index (χ3v) is 5.22. The van der Waals surface area contributed by atoms with Crippen molar-refractivity contribution in [2.45, 2.75) is 45.1 Å². The smallest absolute Gasteiger partial charge is 0.262 e. The minimum Gasteiger partial charge on any atom is -0.484 e. The van der Waals surface area contributed by atoms with Crippen LogP contribution in [-0.4, -0.2) is 35.6 Å². The lowest BCUT2D eigenvalue weighted by Crippen LogP contribution is -2.53. The lowest BCUT2D eigenvalue weighted by atomic mass is 9.84. The Bertz CT molecular complexity index is 1070. The van der Waals surface area contributed by atoms with Gasteiger partial charge in [0.15, 0.2) is 13.2 Å². The van der Waals surface area contributed by atoms with Gasteiger partial charge in [-0.3, -0.25) is 14.6 Å². The zero-order chi connectivity index (χ0) is 24.2. The number of benzene rings is 1. The lowest BCUT2D eigenvalue weighted by molar-refractivity contribution is -0.124. The highest BCUT2D eigenvalue weighted by atomic mass is 35.5. The zero-order valence-electron chi connectivity index (χ0n) is 19.0. The van der Waals surface area contributed by atoms with E-state index in [1.165, 1.54) is 12.1 Å². The van der Waals surface area contributed by atoms with E-state index in [-0.39, 0.29) is 41.2 Å². The summed E-state index contributed by atoms with van der Waals surface area (Å²) in [6, 6.07) is 7.62. The molecule has 1 unspecified atom stereocenters. The minimum absolute atomic E-state index is 0.0194. The average Bonchev–Trinajstić information content (AvgIpc) is 2.71. The van der Waals surface area contributed by atoms with E-state index in [0.717, 1.165) is 11.8 Å². The second-order valence-electron chi connectivity index (χ2n) is 9.14. The fourth-order valence-corrected chi connectivity index (χ4v) is 3.37. The molecule has 0 spiro atoms. The first-order valence-corrected chi connectivity index (χ1v) is 10.8. The molecular weight excluding hydrogens is 449 g/mol. The van der Waals surface area contributed by atoms with Crippen LogP contribution in [0.2, 0.25) is 5.02 Å². The van der Waals surface area contributed by atoms with E-state index in [4.69, 9.17) is 21.1 Å². The van der Waals surface area contributed by atoms with Gasteiger partial charge in [-0.25, -0.2) is 4.39 Å². The zero-order valence-corrected chi connectivity index (χ0v) is 19.8. The molecule has 33 heavy (non-hydrogen) atoms. The van der Waals surface area contributed by atoms with Crippen LogP contribution >= 0.6 is 11.6 Å². The van der Waals surface area contributed by atoms with Crippen molar-refractivity contribution in [1.82, 2.24) is 15.6 Å². The molecule has 1 aliphatic carbocycles. The predicted molar refractivity (Wildman–Crippen MR) is 123 cm³/mol. The molecule has 1 atom stereocenters. The van der Waals surface area contributed by atoms with Gasteiger partial charge < -0.3 is 20.1 Å². The molecular formula is C24H27ClFN3O4. The van der Waals surface area contributed by atoms with E-state index in [1.54, 1.807) is 18.3 Å². The summed E-state index contributed by atoms with van der Waals surface area (Å²) in [7, 11) is 0. The molecule has 9 heteroatoms. The topological polar surface area (TPSA) is 89.6 Å². The SMILES string of the molecule is CC1(NC(=O)COc2ccc(Cl)c(F)c2)C=C(NC(=O)COc2ccc(C(C)(C)C)nc2)C1. The van der Waals surface area contributed by atoms with E-state index in [2.05, 4.69) is 36.4 Å². The molecule has 0 fully saturated rings. The fraction of sp³-hybridized carbons (Fsp3) is 0.375. The molecule has 0 aliphatic heterocycles. The van der Waals surface area contributed by atoms with E-state index in [0.29, 0.717) is 17.9 Å². The average molecular weight is 476 g/mol. The highest BCUT2D eigenvalue weighted by molar-refractivity contribution is 6.30. The van der Waals surface area contributed by atoms with Gasteiger partial charge in [0.2, 0.25) is 0 Å². The van der Waals surface area contributed by atoms with Gasteiger partial charge in [0.25, 0.3) is 11.8 Å². The van der Waals surface area contributed by atoms with Crippen LogP contribution < -0.4 is 20.1 Å². The highest BCUT2D eigenvalue weighted by Crippen LogP contribution is 2.28. The first-order valence-electron chi connectivity index (χ1n) is 10.4. The van der Waals surface area contributed by atoms with Crippen LogP contribution in [0, 0.1) is 5.82 Å². The van der Waals surface area contributed by atoms with Crippen LogP contribution in [0.4, 0.5) is 4.39 Å². The van der Waals surface area contributed by atoms with Gasteiger partial charge in [0.1, 0.15) is 17.3 Å². The molecule has 7 nitrogen and oxygen atoms in total. The maximum atomic E-state index is 13.4. The molecule has 1 aliphatic rings. The van der Waals surface area contributed by atoms with Crippen LogP contribution in [0.3, 0.4) is 0 Å². The number of amides is 2. The number of halogens is 2. The summed E-state index contributed by atoms with van der Waals surface area (Å²) in [6.07, 6.45) is 3.80. The maximum Gasteiger partial charge on any atom is 0.262 e. The van der Waals surface area contributed by atoms with E-state index >= 15 is 0 Å². The quantitative estimate of drug-likeness (QED) is 0.604. The van der Waals surface area contributed by atoms with Crippen molar-refractivity contribution in [2.24, 2.45) is 0 Å². The van der Waals surface area contributed by atoms with E-state index in [1.807, 2.05) is 13.0 Å². The molecule has 0 saturated carbocycles. The minimum atomic E-state index is -0.619. The van der Waals surface area contributed by atoms with Crippen molar-refractivity contribution in [2.75, 3.05) is 13.2 Å². The number of pyridine rings is 1. The van der Waals surface area contributed by atoms with Crippen LogP contribution in [0.1, 0.15) is 39.8 Å². The summed E-state index contributed by atoms with van der Waals surface area (Å²) in [5, 5.41) is 5.56. The lowest BCUT2D eigenvalue weighted by Gasteiger charge is -2.37. The summed E-state index contributed by atoms with van der Waals surface area (Å²) >= 11 is 5.62. The molecule has 2 amide bonds. The third kappa shape index (κ3) is 6.92. The van der Waals surface area contributed by atoms with Gasteiger partial charge in [-0.05, 0) is 37.3 Å². The molecule has 3 rings (SSSR count). The first-order chi connectivity index (χ1) is 15.4. The Morgan fingerprint density at radius 3 is 2.36 bits per heavy atom. The van der Waals surface area contributed by atoms with Crippen molar-refractivity contribution in [3.05, 3.63) is 64.8 Å². The largest absolute Gasteiger partial charge is 0.484 e. The van der Waals surface area contributed by atoms with Crippen LogP contribution in [0.5, 0.6) is 11.5 Å². The summed E-state index contributed by atoms with van der Waals surface area (Å²) < 4.78 is 24.2. The standard InChI is InChI=1S/C24H27ClFN3O4/c1-23(2,3)20-8-6-17(12-27-20)33-13-21(30)28-15-10-24(4,11-15)29-22(31)14-32-16-5-7-18(25)19(26)9-16/h5-10,12H,11,13-14H2,1-4H3,(H,28,30)(H,29,31). The Kier molecular flexibility index (Phi) is 7.27. The highest BCUT2D eigenvalue weighted by Gasteiger charge is 2.34. The fourth-order valence-electron chi connectivity index (χ4n) is 3.26. The van der Waals surface area contributed by atoms with Gasteiger partial charge in [-0.15, -0.1) is 0 Å². The number of aromatic nitrogens is 1. The van der Waals surface area contributed by atoms with Crippen molar-refractivity contribution in [3.8, 4) is 11.5 Å². The molecule has 0 radical (unpaired) electrons. The number of carbonyl (C=O) groups excluding carboxylic acids is 2. The Hall–Kier alpha value is -3.13. The predicted octanol–water partition coefficient (Wildman–Crippen LogP) is 3.91. The van der Waals surface area contributed by atoms with Gasteiger partial charge in [-0.1, -0.05) is 32.4 Å². The van der Waals surface area contributed by atoms with Crippen molar-refractivity contribution >= 4 is 23.4 Å². The molecule has 1 aromatic carbocycles. The van der Waals surface area contributed by atoms with Gasteiger partial charge >= 0.3 is 0 Å². The number of rotatable bonds is 8. The molecule has 1 heterocycles. The Morgan fingerprint density at radius 1 is 1.12 bits per heavy atom. The molecule has 1 aromatic heterocycles. The number of carbonyl (C=O) groups is 2. The van der Waals surface area contributed by atoms with Gasteiger partial charge in [0.05, 0.1) is 16.8 Å². The normalized spacial score (nSPS) is 17.5. The summed E-state index contributed by atoms with van der Waals surface area (Å²) in [5.74, 6) is -0.575. The summed E-state index contributed by atoms with van der Waals surface area (Å²) in [5.41, 5.74) is 0.954. The molecule has 0 saturated heterocycles. The second-order valence-corrected chi connectivity index (χ2v) is 9.55. The summed E-state index contributed by atoms with van der Waals surface area (Å²) in [4.78, 5) is 28.7. The van der Waals surface area contributed by atoms with Crippen molar-refractivity contribution < 1.29 is 23.5 Å². The summed E-state index contributed by atoms with van der Waals surface area (Å²) in [6.45, 7) is 7.60. The second kappa shape index (κ2) is 9.79. The van der Waals surface area contributed by atoms with E-state index in [9.17, 15) is 14.0 Å². The Balaban J connectivity index is 1.41. The van der Waals surface area contributed by atoms with Gasteiger partial charge in [-0.2, -0.15) is 0 Å². The van der Waals surface area contributed by atoms with E-state index < -0.39 is 11.4 Å². The number of hydrogen-bond acceptors (Lipinski definition) is 5. The third-order valence-electron chi connectivity index (χ3n) is 4.91.